The first-order valence-corrected chi connectivity index (χ1v) is 5.08. The lowest BCUT2D eigenvalue weighted by atomic mass is 10.1. The molecular formula is C11H12F3NO3. The van der Waals surface area contributed by atoms with Crippen molar-refractivity contribution in [3.8, 4) is 0 Å². The minimum absolute atomic E-state index is 0.0846. The number of nitrogens with two attached hydrogens (primary N) is 1. The maximum absolute atomic E-state index is 11.6. The minimum atomic E-state index is -4.71. The van der Waals surface area contributed by atoms with Crippen molar-refractivity contribution in [3.63, 3.8) is 0 Å². The van der Waals surface area contributed by atoms with E-state index in [9.17, 15) is 18.0 Å². The van der Waals surface area contributed by atoms with Crippen molar-refractivity contribution >= 4 is 11.7 Å². The lowest BCUT2D eigenvalue weighted by Gasteiger charge is -2.08. The van der Waals surface area contributed by atoms with Crippen LogP contribution in [0.4, 0.5) is 18.9 Å². The Bertz CT molecular complexity index is 407. The zero-order chi connectivity index (χ0) is 13.6. The van der Waals surface area contributed by atoms with Crippen molar-refractivity contribution in [2.45, 2.75) is 12.8 Å². The maximum Gasteiger partial charge on any atom is 0.522 e. The number of para-hydroxylation sites is 1. The van der Waals surface area contributed by atoms with Gasteiger partial charge in [0.15, 0.2) is 0 Å². The summed E-state index contributed by atoms with van der Waals surface area (Å²) in [6, 6.07) is 6.67. The molecule has 1 aromatic rings. The quantitative estimate of drug-likeness (QED) is 0.500. The van der Waals surface area contributed by atoms with E-state index >= 15 is 0 Å². The molecule has 0 saturated carbocycles. The molecule has 1 rings (SSSR count). The molecule has 0 radical (unpaired) electrons. The van der Waals surface area contributed by atoms with Gasteiger partial charge in [0, 0.05) is 5.69 Å². The molecule has 0 aliphatic carbocycles. The number of ether oxygens (including phenoxy) is 2. The summed E-state index contributed by atoms with van der Waals surface area (Å²) in [7, 11) is 0. The molecule has 0 aliphatic rings. The monoisotopic (exact) mass is 263 g/mol. The van der Waals surface area contributed by atoms with Gasteiger partial charge in [-0.1, -0.05) is 18.2 Å². The van der Waals surface area contributed by atoms with Crippen molar-refractivity contribution in [2.24, 2.45) is 0 Å². The van der Waals surface area contributed by atoms with Gasteiger partial charge in [-0.2, -0.15) is 0 Å². The van der Waals surface area contributed by atoms with E-state index in [1.807, 2.05) is 0 Å². The zero-order valence-corrected chi connectivity index (χ0v) is 9.37. The fourth-order valence-electron chi connectivity index (χ4n) is 1.21. The van der Waals surface area contributed by atoms with Crippen LogP contribution in [-0.2, 0) is 20.7 Å². The van der Waals surface area contributed by atoms with Crippen LogP contribution in [0.25, 0.3) is 0 Å². The standard InChI is InChI=1S/C11H12F3NO3/c12-11(13,14)18-6-5-17-10(16)7-8-3-1-2-4-9(8)15/h1-4H,5-7,15H2. The second-order valence-electron chi connectivity index (χ2n) is 3.39. The van der Waals surface area contributed by atoms with Crippen molar-refractivity contribution < 1.29 is 27.4 Å². The molecule has 0 aromatic heterocycles. The predicted octanol–water partition coefficient (Wildman–Crippen LogP) is 1.89. The van der Waals surface area contributed by atoms with Gasteiger partial charge in [-0.25, -0.2) is 0 Å². The van der Waals surface area contributed by atoms with Crippen LogP contribution in [0.5, 0.6) is 0 Å². The molecule has 100 valence electrons. The van der Waals surface area contributed by atoms with Crippen LogP contribution in [0.3, 0.4) is 0 Å². The van der Waals surface area contributed by atoms with Gasteiger partial charge in [0.1, 0.15) is 6.61 Å². The Hall–Kier alpha value is -1.76. The molecule has 0 heterocycles. The Morgan fingerprint density at radius 1 is 1.22 bits per heavy atom. The molecule has 0 saturated heterocycles. The Kier molecular flexibility index (Phi) is 4.96. The van der Waals surface area contributed by atoms with Gasteiger partial charge in [-0.3, -0.25) is 9.53 Å². The minimum Gasteiger partial charge on any atom is -0.463 e. The summed E-state index contributed by atoms with van der Waals surface area (Å²) in [6.07, 6.45) is -4.80. The van der Waals surface area contributed by atoms with Gasteiger partial charge in [-0.15, -0.1) is 13.2 Å². The van der Waals surface area contributed by atoms with Crippen LogP contribution in [0.2, 0.25) is 0 Å². The number of hydrogen-bond donors (Lipinski definition) is 1. The SMILES string of the molecule is Nc1ccccc1CC(=O)OCCOC(F)(F)F. The number of anilines is 1. The van der Waals surface area contributed by atoms with Gasteiger partial charge in [0.2, 0.25) is 0 Å². The highest BCUT2D eigenvalue weighted by Gasteiger charge is 2.28. The van der Waals surface area contributed by atoms with Crippen LogP contribution in [0, 0.1) is 0 Å². The fraction of sp³-hybridized carbons (Fsp3) is 0.364. The molecule has 0 unspecified atom stereocenters. The van der Waals surface area contributed by atoms with E-state index in [2.05, 4.69) is 9.47 Å². The number of halogens is 3. The number of nitrogen functional groups attached to an aromatic ring is 1. The van der Waals surface area contributed by atoms with Gasteiger partial charge in [0.25, 0.3) is 0 Å². The van der Waals surface area contributed by atoms with E-state index in [4.69, 9.17) is 5.73 Å². The smallest absolute Gasteiger partial charge is 0.463 e. The second-order valence-corrected chi connectivity index (χ2v) is 3.39. The highest BCUT2D eigenvalue weighted by Crippen LogP contribution is 2.15. The number of rotatable bonds is 5. The number of esters is 1. The highest BCUT2D eigenvalue weighted by atomic mass is 19.4. The van der Waals surface area contributed by atoms with E-state index in [1.165, 1.54) is 0 Å². The molecule has 18 heavy (non-hydrogen) atoms. The summed E-state index contributed by atoms with van der Waals surface area (Å²) in [6.45, 7) is -1.18. The topological polar surface area (TPSA) is 61.6 Å². The number of carbonyl (C=O) groups excluding carboxylic acids is 1. The summed E-state index contributed by atoms with van der Waals surface area (Å²) in [4.78, 5) is 11.3. The van der Waals surface area contributed by atoms with Gasteiger partial charge < -0.3 is 10.5 Å². The Balaban J connectivity index is 2.29. The molecule has 0 aliphatic heterocycles. The third-order valence-electron chi connectivity index (χ3n) is 2.00. The van der Waals surface area contributed by atoms with E-state index in [1.54, 1.807) is 24.3 Å². The molecule has 4 nitrogen and oxygen atoms in total. The van der Waals surface area contributed by atoms with Gasteiger partial charge in [0.05, 0.1) is 13.0 Å². The Labute approximate surface area is 101 Å². The maximum atomic E-state index is 11.6. The first-order valence-electron chi connectivity index (χ1n) is 5.08. The normalized spacial score (nSPS) is 11.3. The van der Waals surface area contributed by atoms with E-state index < -0.39 is 25.5 Å². The summed E-state index contributed by atoms with van der Waals surface area (Å²) in [5, 5.41) is 0. The number of benzene rings is 1. The first kappa shape index (κ1) is 14.3. The summed E-state index contributed by atoms with van der Waals surface area (Å²) >= 11 is 0. The van der Waals surface area contributed by atoms with E-state index in [0.717, 1.165) is 0 Å². The van der Waals surface area contributed by atoms with Crippen LogP contribution in [-0.4, -0.2) is 25.5 Å². The number of alkyl halides is 3. The van der Waals surface area contributed by atoms with Crippen molar-refractivity contribution in [2.75, 3.05) is 18.9 Å². The van der Waals surface area contributed by atoms with Crippen molar-refractivity contribution in [1.82, 2.24) is 0 Å². The Morgan fingerprint density at radius 2 is 1.89 bits per heavy atom. The highest BCUT2D eigenvalue weighted by molar-refractivity contribution is 5.74. The molecule has 0 bridgehead atoms. The average Bonchev–Trinajstić information content (AvgIpc) is 2.26. The third-order valence-corrected chi connectivity index (χ3v) is 2.00. The van der Waals surface area contributed by atoms with Crippen molar-refractivity contribution in [3.05, 3.63) is 29.8 Å². The predicted molar refractivity (Wildman–Crippen MR) is 57.5 cm³/mol. The second kappa shape index (κ2) is 6.25. The molecule has 0 amide bonds. The molecule has 0 fully saturated rings. The van der Waals surface area contributed by atoms with Crippen LogP contribution < -0.4 is 5.73 Å². The molecule has 0 atom stereocenters. The number of carbonyl (C=O) groups is 1. The van der Waals surface area contributed by atoms with Crippen molar-refractivity contribution in [1.29, 1.82) is 0 Å². The Morgan fingerprint density at radius 3 is 2.50 bits per heavy atom. The zero-order valence-electron chi connectivity index (χ0n) is 9.37. The molecular weight excluding hydrogens is 251 g/mol. The summed E-state index contributed by atoms with van der Waals surface area (Å²) in [5.74, 6) is -0.654. The summed E-state index contributed by atoms with van der Waals surface area (Å²) in [5.41, 5.74) is 6.60. The molecule has 2 N–H and O–H groups in total. The summed E-state index contributed by atoms with van der Waals surface area (Å²) < 4.78 is 42.8. The van der Waals surface area contributed by atoms with E-state index in [-0.39, 0.29) is 6.42 Å². The third kappa shape index (κ3) is 5.53. The van der Waals surface area contributed by atoms with Crippen LogP contribution in [0.15, 0.2) is 24.3 Å². The molecule has 1 aromatic carbocycles. The molecule has 7 heteroatoms. The van der Waals surface area contributed by atoms with Crippen LogP contribution in [0.1, 0.15) is 5.56 Å². The fourth-order valence-corrected chi connectivity index (χ4v) is 1.21. The average molecular weight is 263 g/mol. The lowest BCUT2D eigenvalue weighted by molar-refractivity contribution is -0.326. The molecule has 0 spiro atoms. The van der Waals surface area contributed by atoms with Gasteiger partial charge >= 0.3 is 12.3 Å². The first-order chi connectivity index (χ1) is 8.38. The number of hydrogen-bond acceptors (Lipinski definition) is 4. The van der Waals surface area contributed by atoms with Gasteiger partial charge in [-0.05, 0) is 11.6 Å². The largest absolute Gasteiger partial charge is 0.522 e. The van der Waals surface area contributed by atoms with E-state index in [0.29, 0.717) is 11.3 Å². The lowest BCUT2D eigenvalue weighted by Crippen LogP contribution is -2.19. The van der Waals surface area contributed by atoms with Crippen LogP contribution >= 0.6 is 0 Å².